The van der Waals surface area contributed by atoms with Crippen molar-refractivity contribution in [2.45, 2.75) is 20.3 Å². The summed E-state index contributed by atoms with van der Waals surface area (Å²) >= 11 is 0. The average molecular weight is 541 g/mol. The zero-order chi connectivity index (χ0) is 28.4. The zero-order valence-corrected chi connectivity index (χ0v) is 23.8. The Labute approximate surface area is 234 Å². The number of piperazine rings is 1. The molecule has 208 valence electrons. The maximum absolute atomic E-state index is 13.3. The van der Waals surface area contributed by atoms with Gasteiger partial charge in [0, 0.05) is 63.3 Å². The number of amides is 1. The Bertz CT molecular complexity index is 1510. The molecule has 11 heteroatoms. The first-order valence-electron chi connectivity index (χ1n) is 13.7. The van der Waals surface area contributed by atoms with Crippen molar-refractivity contribution >= 4 is 17.2 Å². The van der Waals surface area contributed by atoms with Crippen LogP contribution < -0.4 is 4.90 Å². The highest BCUT2D eigenvalue weighted by molar-refractivity contribution is 5.83. The monoisotopic (exact) mass is 540 g/mol. The van der Waals surface area contributed by atoms with Crippen molar-refractivity contribution in [3.05, 3.63) is 48.7 Å². The molecule has 0 aliphatic carbocycles. The third-order valence-electron chi connectivity index (χ3n) is 7.25. The molecular formula is C29H36N10O. The molecule has 0 radical (unpaired) electrons. The van der Waals surface area contributed by atoms with E-state index in [1.807, 2.05) is 50.6 Å². The van der Waals surface area contributed by atoms with E-state index >= 15 is 0 Å². The third kappa shape index (κ3) is 5.67. The number of anilines is 1. The first kappa shape index (κ1) is 27.3. The predicted octanol–water partition coefficient (Wildman–Crippen LogP) is 2.94. The van der Waals surface area contributed by atoms with Crippen molar-refractivity contribution in [1.82, 2.24) is 39.2 Å². The summed E-state index contributed by atoms with van der Waals surface area (Å²) in [6.45, 7) is 7.94. The number of aryl methyl sites for hydroxylation is 1. The molecule has 40 heavy (non-hydrogen) atoms. The van der Waals surface area contributed by atoms with Crippen LogP contribution in [-0.2, 0) is 11.8 Å². The summed E-state index contributed by atoms with van der Waals surface area (Å²) in [6, 6.07) is 6.19. The van der Waals surface area contributed by atoms with Gasteiger partial charge < -0.3 is 14.7 Å². The van der Waals surface area contributed by atoms with Crippen LogP contribution in [0.4, 0.5) is 5.82 Å². The van der Waals surface area contributed by atoms with E-state index in [1.54, 1.807) is 27.8 Å². The van der Waals surface area contributed by atoms with E-state index in [2.05, 4.69) is 39.9 Å². The second-order valence-electron chi connectivity index (χ2n) is 11.1. The van der Waals surface area contributed by atoms with Crippen LogP contribution in [0.5, 0.6) is 0 Å². The fourth-order valence-electron chi connectivity index (χ4n) is 5.38. The molecule has 4 aromatic rings. The number of rotatable bonds is 8. The molecule has 0 aromatic carbocycles. The van der Waals surface area contributed by atoms with Crippen LogP contribution >= 0.6 is 0 Å². The molecule has 0 saturated carbocycles. The van der Waals surface area contributed by atoms with E-state index in [0.29, 0.717) is 41.5 Å². The molecule has 1 saturated heterocycles. The second-order valence-corrected chi connectivity index (χ2v) is 11.1. The highest BCUT2D eigenvalue weighted by atomic mass is 16.2. The molecule has 0 N–H and O–H groups in total. The van der Waals surface area contributed by atoms with E-state index < -0.39 is 0 Å². The van der Waals surface area contributed by atoms with Crippen LogP contribution in [0.2, 0.25) is 0 Å². The fraction of sp³-hybridized carbons (Fsp3) is 0.448. The van der Waals surface area contributed by atoms with Crippen LogP contribution in [0.15, 0.2) is 43.1 Å². The van der Waals surface area contributed by atoms with Crippen molar-refractivity contribution in [2.75, 3.05) is 51.7 Å². The Morgan fingerprint density at radius 1 is 1.05 bits per heavy atom. The largest absolute Gasteiger partial charge is 0.353 e. The van der Waals surface area contributed by atoms with Gasteiger partial charge in [0.15, 0.2) is 0 Å². The minimum absolute atomic E-state index is 0.0209. The topological polar surface area (TPSA) is 111 Å². The molecule has 1 aliphatic rings. The van der Waals surface area contributed by atoms with Crippen molar-refractivity contribution in [2.24, 2.45) is 18.9 Å². The summed E-state index contributed by atoms with van der Waals surface area (Å²) in [5, 5.41) is 18.3. The molecule has 5 rings (SSSR count). The molecule has 1 atom stereocenters. The van der Waals surface area contributed by atoms with Gasteiger partial charge in [-0.15, -0.1) is 0 Å². The minimum Gasteiger partial charge on any atom is -0.353 e. The lowest BCUT2D eigenvalue weighted by Crippen LogP contribution is -2.51. The SMILES string of the molecule is CC(C)CC(CN(C)C)C(=O)N1CCN(c2ccc(-c3nc(-c4cnn(C)c4)cn4ncc(C#N)c34)cn2)CC1. The van der Waals surface area contributed by atoms with Gasteiger partial charge in [0.2, 0.25) is 5.91 Å². The quantitative estimate of drug-likeness (QED) is 0.335. The van der Waals surface area contributed by atoms with Crippen molar-refractivity contribution in [1.29, 1.82) is 5.26 Å². The van der Waals surface area contributed by atoms with Crippen molar-refractivity contribution < 1.29 is 4.79 Å². The van der Waals surface area contributed by atoms with Gasteiger partial charge in [0.1, 0.15) is 23.0 Å². The first-order valence-corrected chi connectivity index (χ1v) is 13.7. The van der Waals surface area contributed by atoms with E-state index in [9.17, 15) is 10.1 Å². The lowest BCUT2D eigenvalue weighted by molar-refractivity contribution is -0.136. The van der Waals surface area contributed by atoms with E-state index in [0.717, 1.165) is 43.0 Å². The number of nitriles is 1. The summed E-state index contributed by atoms with van der Waals surface area (Å²) in [4.78, 5) is 29.3. The lowest BCUT2D eigenvalue weighted by atomic mass is 9.95. The standard InChI is InChI=1S/C29H36N10O/c1-20(2)12-22(17-35(3)4)29(40)38-10-8-37(9-11-38)26-7-6-21(14-31-26)27-28-23(13-30)15-33-39(28)19-25(34-27)24-16-32-36(5)18-24/h6-7,14-16,18-20,22H,8-12,17H2,1-5H3. The van der Waals surface area contributed by atoms with Crippen molar-refractivity contribution in [3.63, 3.8) is 0 Å². The number of nitrogens with zero attached hydrogens (tertiary/aromatic N) is 10. The Morgan fingerprint density at radius 3 is 2.42 bits per heavy atom. The molecule has 0 bridgehead atoms. The maximum atomic E-state index is 13.3. The average Bonchev–Trinajstić information content (AvgIpc) is 3.57. The number of fused-ring (bicyclic) bond motifs is 1. The van der Waals surface area contributed by atoms with Crippen molar-refractivity contribution in [3.8, 4) is 28.6 Å². The van der Waals surface area contributed by atoms with Gasteiger partial charge in [-0.1, -0.05) is 13.8 Å². The highest BCUT2D eigenvalue weighted by Gasteiger charge is 2.29. The number of hydrogen-bond acceptors (Lipinski definition) is 8. The molecule has 1 aliphatic heterocycles. The molecular weight excluding hydrogens is 504 g/mol. The first-order chi connectivity index (χ1) is 19.2. The maximum Gasteiger partial charge on any atom is 0.227 e. The van der Waals surface area contributed by atoms with E-state index in [-0.39, 0.29) is 11.8 Å². The smallest absolute Gasteiger partial charge is 0.227 e. The Balaban J connectivity index is 1.34. The third-order valence-corrected chi connectivity index (χ3v) is 7.25. The molecule has 1 fully saturated rings. The normalized spacial score (nSPS) is 14.8. The Hall–Kier alpha value is -4.30. The zero-order valence-electron chi connectivity index (χ0n) is 23.8. The molecule has 11 nitrogen and oxygen atoms in total. The summed E-state index contributed by atoms with van der Waals surface area (Å²) in [7, 11) is 5.91. The summed E-state index contributed by atoms with van der Waals surface area (Å²) in [5.74, 6) is 1.61. The predicted molar refractivity (Wildman–Crippen MR) is 153 cm³/mol. The van der Waals surface area contributed by atoms with Gasteiger partial charge in [-0.25, -0.2) is 14.5 Å². The molecule has 0 spiro atoms. The fourth-order valence-corrected chi connectivity index (χ4v) is 5.38. The molecule has 4 aromatic heterocycles. The number of pyridine rings is 1. The van der Waals surface area contributed by atoms with Gasteiger partial charge in [-0.05, 0) is 38.6 Å². The summed E-state index contributed by atoms with van der Waals surface area (Å²) < 4.78 is 3.41. The Kier molecular flexibility index (Phi) is 7.80. The Morgan fingerprint density at radius 2 is 1.82 bits per heavy atom. The van der Waals surface area contributed by atoms with Crippen LogP contribution in [0.3, 0.4) is 0 Å². The summed E-state index contributed by atoms with van der Waals surface area (Å²) in [6.07, 6.45) is 9.71. The van der Waals surface area contributed by atoms with Gasteiger partial charge in [-0.3, -0.25) is 9.48 Å². The van der Waals surface area contributed by atoms with Crippen LogP contribution in [0.1, 0.15) is 25.8 Å². The van der Waals surface area contributed by atoms with E-state index in [4.69, 9.17) is 9.97 Å². The van der Waals surface area contributed by atoms with Gasteiger partial charge in [0.05, 0.1) is 35.9 Å². The summed E-state index contributed by atoms with van der Waals surface area (Å²) in [5.41, 5.74) is 4.10. The number of carbonyl (C=O) groups excluding carboxylic acids is 1. The van der Waals surface area contributed by atoms with Gasteiger partial charge in [-0.2, -0.15) is 15.5 Å². The number of carbonyl (C=O) groups is 1. The highest BCUT2D eigenvalue weighted by Crippen LogP contribution is 2.29. The number of hydrogen-bond donors (Lipinski definition) is 0. The van der Waals surface area contributed by atoms with Gasteiger partial charge in [0.25, 0.3) is 0 Å². The van der Waals surface area contributed by atoms with Crippen LogP contribution in [0.25, 0.3) is 28.0 Å². The van der Waals surface area contributed by atoms with Gasteiger partial charge >= 0.3 is 0 Å². The van der Waals surface area contributed by atoms with Crippen LogP contribution in [-0.4, -0.2) is 91.9 Å². The van der Waals surface area contributed by atoms with E-state index in [1.165, 1.54) is 0 Å². The number of aromatic nitrogens is 6. The lowest BCUT2D eigenvalue weighted by Gasteiger charge is -2.37. The molecule has 1 amide bonds. The minimum atomic E-state index is 0.0209. The second kappa shape index (κ2) is 11.4. The van der Waals surface area contributed by atoms with Crippen LogP contribution in [0, 0.1) is 23.2 Å². The molecule has 5 heterocycles. The molecule has 1 unspecified atom stereocenters.